The molecule has 334 valence electrons. The van der Waals surface area contributed by atoms with Gasteiger partial charge in [-0.3, -0.25) is 9.59 Å². The number of carbonyl (C=O) groups excluding carboxylic acids is 2. The van der Waals surface area contributed by atoms with Crippen molar-refractivity contribution in [3.63, 3.8) is 0 Å². The summed E-state index contributed by atoms with van der Waals surface area (Å²) in [5, 5.41) is 9.60. The van der Waals surface area contributed by atoms with Gasteiger partial charge in [0.1, 0.15) is 6.61 Å². The van der Waals surface area contributed by atoms with Crippen LogP contribution in [0.25, 0.3) is 0 Å². The number of aliphatic hydroxyl groups is 1. The molecule has 0 bridgehead atoms. The predicted molar refractivity (Wildman–Crippen MR) is 255 cm³/mol. The van der Waals surface area contributed by atoms with E-state index in [0.717, 1.165) is 103 Å². The standard InChI is InChI=1S/C54H88O5/c1-3-5-7-9-11-13-15-17-19-21-22-23-24-25-26-27-28-29-30-31-32-33-35-37-39-41-43-45-47-49-54(57)59-52(50-55)51-58-53(56)48-46-44-42-40-38-36-34-20-18-16-14-12-10-8-6-4-2/h5,7,11,13-14,16-17,19-20,22-23,25-26,28-29,31-32,34,52,55H,3-4,6,8-10,12,15,18,21,24,27,30,33,35-51H2,1-2H3/b7-5-,13-11-,16-14-,19-17-,23-22-,26-25-,29-28-,32-31-,34-20-. The Kier molecular flexibility index (Phi) is 46.1. The van der Waals surface area contributed by atoms with Crippen LogP contribution in [0.3, 0.4) is 0 Å². The van der Waals surface area contributed by atoms with E-state index < -0.39 is 6.10 Å². The highest BCUT2D eigenvalue weighted by molar-refractivity contribution is 5.70. The van der Waals surface area contributed by atoms with Crippen LogP contribution in [-0.2, 0) is 19.1 Å². The molecule has 0 fully saturated rings. The van der Waals surface area contributed by atoms with E-state index in [-0.39, 0.29) is 25.2 Å². The van der Waals surface area contributed by atoms with Gasteiger partial charge in [0.15, 0.2) is 6.10 Å². The van der Waals surface area contributed by atoms with Crippen molar-refractivity contribution < 1.29 is 24.2 Å². The Balaban J connectivity index is 3.63. The molecule has 0 rings (SSSR count). The monoisotopic (exact) mass is 817 g/mol. The number of allylic oxidation sites excluding steroid dienone is 18. The van der Waals surface area contributed by atoms with Crippen LogP contribution in [0.15, 0.2) is 109 Å². The lowest BCUT2D eigenvalue weighted by molar-refractivity contribution is -0.161. The second-order valence-electron chi connectivity index (χ2n) is 15.4. The van der Waals surface area contributed by atoms with Crippen molar-refractivity contribution in [2.45, 2.75) is 206 Å². The zero-order valence-electron chi connectivity index (χ0n) is 38.0. The van der Waals surface area contributed by atoms with Gasteiger partial charge in [-0.05, 0) is 103 Å². The lowest BCUT2D eigenvalue weighted by atomic mass is 10.1. The summed E-state index contributed by atoms with van der Waals surface area (Å²) in [6.07, 6.45) is 70.2. The number of esters is 2. The maximum Gasteiger partial charge on any atom is 0.306 e. The fourth-order valence-corrected chi connectivity index (χ4v) is 6.21. The van der Waals surface area contributed by atoms with Crippen LogP contribution in [-0.4, -0.2) is 36.4 Å². The predicted octanol–water partition coefficient (Wildman–Crippen LogP) is 15.8. The van der Waals surface area contributed by atoms with Crippen molar-refractivity contribution in [1.82, 2.24) is 0 Å². The molecule has 0 amide bonds. The summed E-state index contributed by atoms with van der Waals surface area (Å²) in [6.45, 7) is 3.98. The molecule has 5 nitrogen and oxygen atoms in total. The van der Waals surface area contributed by atoms with Gasteiger partial charge in [-0.1, -0.05) is 194 Å². The first-order valence-electron chi connectivity index (χ1n) is 23.9. The average molecular weight is 817 g/mol. The van der Waals surface area contributed by atoms with Gasteiger partial charge < -0.3 is 14.6 Å². The normalized spacial score (nSPS) is 13.2. The SMILES string of the molecule is CC/C=C\C/C=C\C/C=C\C/C=C\C/C=C\C/C=C\C/C=C\CCCCCCCCCC(=O)OC(CO)COC(=O)CCCCCCC/C=C\C/C=C\CCCCCC. The van der Waals surface area contributed by atoms with Gasteiger partial charge in [-0.2, -0.15) is 0 Å². The molecular weight excluding hydrogens is 729 g/mol. The molecule has 0 saturated heterocycles. The summed E-state index contributed by atoms with van der Waals surface area (Å²) in [4.78, 5) is 24.4. The Morgan fingerprint density at radius 3 is 1.10 bits per heavy atom. The molecule has 5 heteroatoms. The van der Waals surface area contributed by atoms with Gasteiger partial charge in [0, 0.05) is 12.8 Å². The molecule has 0 spiro atoms. The largest absolute Gasteiger partial charge is 0.462 e. The minimum absolute atomic E-state index is 0.0842. The number of carbonyl (C=O) groups is 2. The van der Waals surface area contributed by atoms with Crippen LogP contribution < -0.4 is 0 Å². The number of hydrogen-bond donors (Lipinski definition) is 1. The highest BCUT2D eigenvalue weighted by atomic mass is 16.6. The first-order chi connectivity index (χ1) is 29.1. The lowest BCUT2D eigenvalue weighted by Crippen LogP contribution is -2.28. The molecule has 0 heterocycles. The summed E-state index contributed by atoms with van der Waals surface area (Å²) in [7, 11) is 0. The summed E-state index contributed by atoms with van der Waals surface area (Å²) < 4.78 is 10.6. The Hall–Kier alpha value is -3.44. The fourth-order valence-electron chi connectivity index (χ4n) is 6.21. The molecule has 0 aromatic rings. The minimum Gasteiger partial charge on any atom is -0.462 e. The van der Waals surface area contributed by atoms with E-state index >= 15 is 0 Å². The van der Waals surface area contributed by atoms with Crippen molar-refractivity contribution in [2.75, 3.05) is 13.2 Å². The van der Waals surface area contributed by atoms with Gasteiger partial charge in [0.2, 0.25) is 0 Å². The number of unbranched alkanes of at least 4 members (excludes halogenated alkanes) is 16. The summed E-state index contributed by atoms with van der Waals surface area (Å²) >= 11 is 0. The van der Waals surface area contributed by atoms with Crippen molar-refractivity contribution in [1.29, 1.82) is 0 Å². The van der Waals surface area contributed by atoms with E-state index in [1.165, 1.54) is 70.6 Å². The molecule has 0 aromatic carbocycles. The average Bonchev–Trinajstić information content (AvgIpc) is 3.24. The third kappa shape index (κ3) is 47.1. The van der Waals surface area contributed by atoms with Crippen LogP contribution in [0.4, 0.5) is 0 Å². The number of hydrogen-bond acceptors (Lipinski definition) is 5. The van der Waals surface area contributed by atoms with Crippen molar-refractivity contribution in [3.8, 4) is 0 Å². The van der Waals surface area contributed by atoms with E-state index in [1.54, 1.807) is 0 Å². The Morgan fingerprint density at radius 2 is 0.729 bits per heavy atom. The van der Waals surface area contributed by atoms with E-state index in [0.29, 0.717) is 12.8 Å². The summed E-state index contributed by atoms with van der Waals surface area (Å²) in [5.41, 5.74) is 0. The van der Waals surface area contributed by atoms with Gasteiger partial charge in [0.05, 0.1) is 6.61 Å². The highest BCUT2D eigenvalue weighted by Gasteiger charge is 2.16. The van der Waals surface area contributed by atoms with Gasteiger partial charge >= 0.3 is 11.9 Å². The first-order valence-corrected chi connectivity index (χ1v) is 23.9. The molecular formula is C54H88O5. The zero-order valence-corrected chi connectivity index (χ0v) is 38.0. The smallest absolute Gasteiger partial charge is 0.306 e. The summed E-state index contributed by atoms with van der Waals surface area (Å²) in [5.74, 6) is -0.627. The van der Waals surface area contributed by atoms with Crippen LogP contribution in [0.1, 0.15) is 200 Å². The maximum absolute atomic E-state index is 12.2. The fraction of sp³-hybridized carbons (Fsp3) is 0.630. The molecule has 0 aliphatic carbocycles. The second-order valence-corrected chi connectivity index (χ2v) is 15.4. The Labute approximate surface area is 363 Å². The highest BCUT2D eigenvalue weighted by Crippen LogP contribution is 2.12. The Bertz CT molecular complexity index is 1200. The van der Waals surface area contributed by atoms with Crippen LogP contribution >= 0.6 is 0 Å². The molecule has 0 aromatic heterocycles. The van der Waals surface area contributed by atoms with E-state index in [4.69, 9.17) is 9.47 Å². The number of rotatable bonds is 42. The third-order valence-electron chi connectivity index (χ3n) is 9.80. The molecule has 1 N–H and O–H groups in total. The topological polar surface area (TPSA) is 72.8 Å². The van der Waals surface area contributed by atoms with E-state index in [9.17, 15) is 14.7 Å². The van der Waals surface area contributed by atoms with Crippen molar-refractivity contribution >= 4 is 11.9 Å². The molecule has 1 atom stereocenters. The minimum atomic E-state index is -0.791. The summed E-state index contributed by atoms with van der Waals surface area (Å²) in [6, 6.07) is 0. The molecule has 1 unspecified atom stereocenters. The number of aliphatic hydroxyl groups excluding tert-OH is 1. The van der Waals surface area contributed by atoms with Gasteiger partial charge in [-0.15, -0.1) is 0 Å². The van der Waals surface area contributed by atoms with Gasteiger partial charge in [0.25, 0.3) is 0 Å². The quantitative estimate of drug-likeness (QED) is 0.0377. The molecule has 0 saturated carbocycles. The van der Waals surface area contributed by atoms with Crippen molar-refractivity contribution in [3.05, 3.63) is 109 Å². The van der Waals surface area contributed by atoms with Crippen molar-refractivity contribution in [2.24, 2.45) is 0 Å². The second kappa shape index (κ2) is 48.9. The zero-order chi connectivity index (χ0) is 42.8. The van der Waals surface area contributed by atoms with Crippen LogP contribution in [0, 0.1) is 0 Å². The molecule has 0 aliphatic heterocycles. The lowest BCUT2D eigenvalue weighted by Gasteiger charge is -2.15. The third-order valence-corrected chi connectivity index (χ3v) is 9.80. The van der Waals surface area contributed by atoms with Crippen LogP contribution in [0.2, 0.25) is 0 Å². The first kappa shape index (κ1) is 55.6. The van der Waals surface area contributed by atoms with E-state index in [1.807, 2.05) is 0 Å². The number of ether oxygens (including phenoxy) is 2. The molecule has 59 heavy (non-hydrogen) atoms. The van der Waals surface area contributed by atoms with Crippen LogP contribution in [0.5, 0.6) is 0 Å². The Morgan fingerprint density at radius 1 is 0.407 bits per heavy atom. The maximum atomic E-state index is 12.2. The van der Waals surface area contributed by atoms with E-state index in [2.05, 4.69) is 123 Å². The van der Waals surface area contributed by atoms with Gasteiger partial charge in [-0.25, -0.2) is 0 Å². The molecule has 0 aliphatic rings. The molecule has 0 radical (unpaired) electrons.